The highest BCUT2D eigenvalue weighted by Gasteiger charge is 2.15. The molecule has 0 spiro atoms. The normalized spacial score (nSPS) is 11.0. The Labute approximate surface area is 111 Å². The predicted molar refractivity (Wildman–Crippen MR) is 70.3 cm³/mol. The van der Waals surface area contributed by atoms with E-state index in [1.165, 1.54) is 16.8 Å². The average Bonchev–Trinajstić information content (AvgIpc) is 2.63. The molecule has 0 aliphatic rings. The van der Waals surface area contributed by atoms with E-state index in [2.05, 4.69) is 5.10 Å². The molecule has 0 bridgehead atoms. The molecular formula is C14H17F2N3. The lowest BCUT2D eigenvalue weighted by Crippen LogP contribution is -2.04. The van der Waals surface area contributed by atoms with Crippen LogP contribution in [0.25, 0.3) is 5.69 Å². The fraction of sp³-hybridized carbons (Fsp3) is 0.357. The summed E-state index contributed by atoms with van der Waals surface area (Å²) in [6.45, 7) is 4.38. The number of benzene rings is 1. The predicted octanol–water partition coefficient (Wildman–Crippen LogP) is 2.66. The van der Waals surface area contributed by atoms with Gasteiger partial charge in [-0.1, -0.05) is 0 Å². The lowest BCUT2D eigenvalue weighted by atomic mass is 10.1. The lowest BCUT2D eigenvalue weighted by molar-refractivity contribution is 0.572. The Morgan fingerprint density at radius 3 is 2.63 bits per heavy atom. The smallest absolute Gasteiger partial charge is 0.151 e. The fourth-order valence-electron chi connectivity index (χ4n) is 2.20. The topological polar surface area (TPSA) is 43.8 Å². The van der Waals surface area contributed by atoms with Gasteiger partial charge in [0, 0.05) is 11.8 Å². The maximum absolute atomic E-state index is 13.8. The van der Waals surface area contributed by atoms with E-state index in [4.69, 9.17) is 5.73 Å². The first kappa shape index (κ1) is 13.7. The summed E-state index contributed by atoms with van der Waals surface area (Å²) in [5.74, 6) is -1.21. The van der Waals surface area contributed by atoms with E-state index in [0.717, 1.165) is 35.9 Å². The Morgan fingerprint density at radius 1 is 1.26 bits per heavy atom. The van der Waals surface area contributed by atoms with Crippen molar-refractivity contribution in [2.75, 3.05) is 6.54 Å². The van der Waals surface area contributed by atoms with E-state index < -0.39 is 11.6 Å². The monoisotopic (exact) mass is 265 g/mol. The Hall–Kier alpha value is -1.75. The number of aromatic nitrogens is 2. The largest absolute Gasteiger partial charge is 0.330 e. The summed E-state index contributed by atoms with van der Waals surface area (Å²) >= 11 is 0. The minimum atomic E-state index is -0.615. The van der Waals surface area contributed by atoms with Crippen molar-refractivity contribution in [3.05, 3.63) is 46.8 Å². The summed E-state index contributed by atoms with van der Waals surface area (Å²) in [6, 6.07) is 3.50. The Bertz CT molecular complexity index is 591. The zero-order chi connectivity index (χ0) is 14.0. The second-order valence-electron chi connectivity index (χ2n) is 4.55. The molecule has 2 rings (SSSR count). The molecule has 3 nitrogen and oxygen atoms in total. The van der Waals surface area contributed by atoms with E-state index >= 15 is 0 Å². The number of nitrogens with zero attached hydrogens (tertiary/aromatic N) is 2. The molecule has 1 heterocycles. The van der Waals surface area contributed by atoms with Crippen molar-refractivity contribution >= 4 is 0 Å². The van der Waals surface area contributed by atoms with Crippen molar-refractivity contribution < 1.29 is 8.78 Å². The van der Waals surface area contributed by atoms with Crippen LogP contribution in [0, 0.1) is 25.5 Å². The zero-order valence-corrected chi connectivity index (χ0v) is 11.1. The van der Waals surface area contributed by atoms with Crippen molar-refractivity contribution in [1.82, 2.24) is 9.78 Å². The highest BCUT2D eigenvalue weighted by atomic mass is 19.1. The van der Waals surface area contributed by atoms with Crippen LogP contribution in [0.2, 0.25) is 0 Å². The molecule has 0 saturated heterocycles. The molecule has 1 aromatic heterocycles. The van der Waals surface area contributed by atoms with Gasteiger partial charge < -0.3 is 5.73 Å². The molecule has 0 unspecified atom stereocenters. The molecule has 0 atom stereocenters. The van der Waals surface area contributed by atoms with Crippen LogP contribution < -0.4 is 5.73 Å². The number of hydrogen-bond acceptors (Lipinski definition) is 2. The van der Waals surface area contributed by atoms with Crippen LogP contribution in [0.15, 0.2) is 18.2 Å². The van der Waals surface area contributed by atoms with Gasteiger partial charge in [0.05, 0.1) is 5.69 Å². The van der Waals surface area contributed by atoms with E-state index in [1.54, 1.807) is 0 Å². The summed E-state index contributed by atoms with van der Waals surface area (Å²) in [7, 11) is 0. The first-order valence-electron chi connectivity index (χ1n) is 6.25. The third-order valence-electron chi connectivity index (χ3n) is 3.21. The summed E-state index contributed by atoms with van der Waals surface area (Å²) < 4.78 is 28.2. The number of hydrogen-bond donors (Lipinski definition) is 1. The first-order chi connectivity index (χ1) is 9.04. The van der Waals surface area contributed by atoms with Crippen LogP contribution >= 0.6 is 0 Å². The second kappa shape index (κ2) is 5.48. The van der Waals surface area contributed by atoms with Gasteiger partial charge in [-0.3, -0.25) is 0 Å². The number of rotatable bonds is 4. The van der Waals surface area contributed by atoms with Crippen LogP contribution in [0.1, 0.15) is 23.4 Å². The quantitative estimate of drug-likeness (QED) is 0.923. The van der Waals surface area contributed by atoms with Crippen molar-refractivity contribution in [3.8, 4) is 5.69 Å². The first-order valence-corrected chi connectivity index (χ1v) is 6.25. The van der Waals surface area contributed by atoms with Gasteiger partial charge in [-0.15, -0.1) is 0 Å². The van der Waals surface area contributed by atoms with E-state index in [0.29, 0.717) is 6.54 Å². The van der Waals surface area contributed by atoms with Crippen molar-refractivity contribution in [2.45, 2.75) is 26.7 Å². The van der Waals surface area contributed by atoms with Crippen LogP contribution in [0.5, 0.6) is 0 Å². The number of halogens is 2. The van der Waals surface area contributed by atoms with Gasteiger partial charge in [-0.2, -0.15) is 5.10 Å². The lowest BCUT2D eigenvalue weighted by Gasteiger charge is -2.06. The number of aryl methyl sites for hydroxylation is 1. The highest BCUT2D eigenvalue weighted by molar-refractivity contribution is 5.38. The van der Waals surface area contributed by atoms with Crippen LogP contribution in [-0.4, -0.2) is 16.3 Å². The minimum absolute atomic E-state index is 0.265. The minimum Gasteiger partial charge on any atom is -0.330 e. The van der Waals surface area contributed by atoms with E-state index in [-0.39, 0.29) is 5.69 Å². The van der Waals surface area contributed by atoms with Gasteiger partial charge in [-0.25, -0.2) is 13.5 Å². The maximum Gasteiger partial charge on any atom is 0.151 e. The SMILES string of the molecule is Cc1nn(-c2ccc(F)cc2F)c(C)c1CCCN. The van der Waals surface area contributed by atoms with Gasteiger partial charge in [0.15, 0.2) is 5.82 Å². The fourth-order valence-corrected chi connectivity index (χ4v) is 2.20. The highest BCUT2D eigenvalue weighted by Crippen LogP contribution is 2.21. The molecule has 19 heavy (non-hydrogen) atoms. The maximum atomic E-state index is 13.8. The van der Waals surface area contributed by atoms with Crippen LogP contribution in [-0.2, 0) is 6.42 Å². The Morgan fingerprint density at radius 2 is 2.00 bits per heavy atom. The van der Waals surface area contributed by atoms with Gasteiger partial charge in [-0.05, 0) is 50.9 Å². The molecule has 0 radical (unpaired) electrons. The molecule has 0 aliphatic heterocycles. The number of nitrogens with two attached hydrogens (primary N) is 1. The molecule has 0 fully saturated rings. The molecule has 0 saturated carbocycles. The summed E-state index contributed by atoms with van der Waals surface area (Å²) in [5, 5.41) is 4.34. The van der Waals surface area contributed by atoms with Crippen molar-refractivity contribution in [1.29, 1.82) is 0 Å². The summed E-state index contributed by atoms with van der Waals surface area (Å²) in [4.78, 5) is 0. The molecule has 2 N–H and O–H groups in total. The Balaban J connectivity index is 2.45. The zero-order valence-electron chi connectivity index (χ0n) is 11.1. The molecule has 102 valence electrons. The average molecular weight is 265 g/mol. The molecule has 5 heteroatoms. The van der Waals surface area contributed by atoms with Gasteiger partial charge >= 0.3 is 0 Å². The molecule has 0 amide bonds. The third-order valence-corrected chi connectivity index (χ3v) is 3.21. The van der Waals surface area contributed by atoms with Crippen molar-refractivity contribution in [3.63, 3.8) is 0 Å². The van der Waals surface area contributed by atoms with E-state index in [9.17, 15) is 8.78 Å². The van der Waals surface area contributed by atoms with Gasteiger partial charge in [0.1, 0.15) is 11.5 Å². The standard InChI is InChI=1S/C14H17F2N3/c1-9-12(4-3-7-17)10(2)19(18-9)14-6-5-11(15)8-13(14)16/h5-6,8H,3-4,7,17H2,1-2H3. The Kier molecular flexibility index (Phi) is 3.95. The second-order valence-corrected chi connectivity index (χ2v) is 4.55. The van der Waals surface area contributed by atoms with Crippen molar-refractivity contribution in [2.24, 2.45) is 5.73 Å². The summed E-state index contributed by atoms with van der Waals surface area (Å²) in [5.41, 5.74) is 8.58. The molecule has 2 aromatic rings. The molecule has 0 aliphatic carbocycles. The van der Waals surface area contributed by atoms with Crippen LogP contribution in [0.3, 0.4) is 0 Å². The van der Waals surface area contributed by atoms with E-state index in [1.807, 2.05) is 13.8 Å². The third kappa shape index (κ3) is 2.66. The summed E-state index contributed by atoms with van der Waals surface area (Å²) in [6.07, 6.45) is 1.68. The van der Waals surface area contributed by atoms with Gasteiger partial charge in [0.25, 0.3) is 0 Å². The van der Waals surface area contributed by atoms with Gasteiger partial charge in [0.2, 0.25) is 0 Å². The molecular weight excluding hydrogens is 248 g/mol. The van der Waals surface area contributed by atoms with Crippen LogP contribution in [0.4, 0.5) is 8.78 Å². The molecule has 1 aromatic carbocycles.